The number of aromatic nitrogens is 4. The number of rotatable bonds is 6. The molecule has 1 fully saturated rings. The van der Waals surface area contributed by atoms with Crippen molar-refractivity contribution < 1.29 is 4.74 Å². The van der Waals surface area contributed by atoms with Crippen molar-refractivity contribution in [3.63, 3.8) is 0 Å². The van der Waals surface area contributed by atoms with Crippen LogP contribution in [0.25, 0.3) is 0 Å². The van der Waals surface area contributed by atoms with E-state index in [9.17, 15) is 4.79 Å². The minimum Gasteiger partial charge on any atom is -0.376 e. The predicted molar refractivity (Wildman–Crippen MR) is 99.5 cm³/mol. The van der Waals surface area contributed by atoms with Gasteiger partial charge in [-0.05, 0) is 19.4 Å². The van der Waals surface area contributed by atoms with E-state index in [2.05, 4.69) is 25.5 Å². The second-order valence-electron chi connectivity index (χ2n) is 6.79. The zero-order valence-electron chi connectivity index (χ0n) is 14.8. The van der Waals surface area contributed by atoms with Crippen LogP contribution in [0.2, 0.25) is 0 Å². The monoisotopic (exact) mass is 376 g/mol. The Kier molecular flexibility index (Phi) is 5.57. The van der Waals surface area contributed by atoms with Gasteiger partial charge in [-0.25, -0.2) is 4.68 Å². The maximum Gasteiger partial charge on any atom is 0.267 e. The van der Waals surface area contributed by atoms with Crippen LogP contribution in [-0.4, -0.2) is 57.2 Å². The van der Waals surface area contributed by atoms with Crippen LogP contribution in [0.5, 0.6) is 0 Å². The molecular formula is C17H24N6O2S. The highest BCUT2D eigenvalue weighted by Crippen LogP contribution is 2.18. The summed E-state index contributed by atoms with van der Waals surface area (Å²) >= 11 is 1.52. The lowest BCUT2D eigenvalue weighted by atomic mass is 10.0. The van der Waals surface area contributed by atoms with Crippen molar-refractivity contribution in [2.75, 3.05) is 31.6 Å². The van der Waals surface area contributed by atoms with E-state index < -0.39 is 0 Å². The normalized spacial score (nSPS) is 20.7. The first-order valence-corrected chi connectivity index (χ1v) is 10.1. The first-order valence-electron chi connectivity index (χ1n) is 9.21. The van der Waals surface area contributed by atoms with Gasteiger partial charge in [-0.1, -0.05) is 17.8 Å². The molecule has 0 aliphatic carbocycles. The molecule has 1 N–H and O–H groups in total. The summed E-state index contributed by atoms with van der Waals surface area (Å²) in [6, 6.07) is 2.14. The Hall–Kier alpha value is -1.84. The SMILES string of the molecule is O=c1cc2c(nn1CCN1CCCCC1CNc1nncs1)CCOC2. The predicted octanol–water partition coefficient (Wildman–Crippen LogP) is 1.13. The van der Waals surface area contributed by atoms with Gasteiger partial charge >= 0.3 is 0 Å². The summed E-state index contributed by atoms with van der Waals surface area (Å²) in [6.45, 7) is 4.58. The Morgan fingerprint density at radius 3 is 3.19 bits per heavy atom. The molecular weight excluding hydrogens is 352 g/mol. The first-order chi connectivity index (χ1) is 12.8. The topological polar surface area (TPSA) is 85.2 Å². The third kappa shape index (κ3) is 4.11. The lowest BCUT2D eigenvalue weighted by Crippen LogP contribution is -2.45. The first kappa shape index (κ1) is 17.6. The zero-order valence-corrected chi connectivity index (χ0v) is 15.6. The quantitative estimate of drug-likeness (QED) is 0.809. The summed E-state index contributed by atoms with van der Waals surface area (Å²) in [5, 5.41) is 16.7. The number of nitrogens with one attached hydrogen (secondary N) is 1. The third-order valence-electron chi connectivity index (χ3n) is 5.10. The van der Waals surface area contributed by atoms with Crippen LogP contribution in [0.3, 0.4) is 0 Å². The summed E-state index contributed by atoms with van der Waals surface area (Å²) in [4.78, 5) is 14.8. The molecule has 4 rings (SSSR count). The minimum atomic E-state index is -0.0326. The van der Waals surface area contributed by atoms with Gasteiger partial charge in [0.15, 0.2) is 0 Å². The van der Waals surface area contributed by atoms with E-state index in [1.54, 1.807) is 16.3 Å². The maximum atomic E-state index is 12.3. The highest BCUT2D eigenvalue weighted by Gasteiger charge is 2.23. The molecule has 9 heteroatoms. The van der Waals surface area contributed by atoms with Gasteiger partial charge in [-0.2, -0.15) is 5.10 Å². The lowest BCUT2D eigenvalue weighted by Gasteiger charge is -2.35. The van der Waals surface area contributed by atoms with E-state index in [1.165, 1.54) is 24.2 Å². The number of piperidine rings is 1. The van der Waals surface area contributed by atoms with Crippen LogP contribution in [-0.2, 0) is 24.3 Å². The van der Waals surface area contributed by atoms with Gasteiger partial charge in [0.2, 0.25) is 5.13 Å². The van der Waals surface area contributed by atoms with Gasteiger partial charge < -0.3 is 10.1 Å². The van der Waals surface area contributed by atoms with Crippen molar-refractivity contribution in [2.45, 2.75) is 44.9 Å². The Morgan fingerprint density at radius 2 is 2.31 bits per heavy atom. The molecule has 2 aromatic heterocycles. The van der Waals surface area contributed by atoms with Crippen molar-refractivity contribution in [2.24, 2.45) is 0 Å². The van der Waals surface area contributed by atoms with Gasteiger partial charge in [0.25, 0.3) is 5.56 Å². The van der Waals surface area contributed by atoms with Crippen molar-refractivity contribution in [3.8, 4) is 0 Å². The average molecular weight is 376 g/mol. The fourth-order valence-corrected chi connectivity index (χ4v) is 4.13. The molecule has 26 heavy (non-hydrogen) atoms. The molecule has 140 valence electrons. The lowest BCUT2D eigenvalue weighted by molar-refractivity contribution is 0.107. The summed E-state index contributed by atoms with van der Waals surface area (Å²) in [6.07, 6.45) is 4.40. The molecule has 2 aromatic rings. The number of nitrogens with zero attached hydrogens (tertiary/aromatic N) is 5. The second-order valence-corrected chi connectivity index (χ2v) is 7.62. The molecule has 4 heterocycles. The molecule has 0 radical (unpaired) electrons. The molecule has 1 saturated heterocycles. The number of likely N-dealkylation sites (tertiary alicyclic amines) is 1. The fourth-order valence-electron chi connectivity index (χ4n) is 3.68. The second kappa shape index (κ2) is 8.24. The summed E-state index contributed by atoms with van der Waals surface area (Å²) < 4.78 is 7.02. The smallest absolute Gasteiger partial charge is 0.267 e. The number of fused-ring (bicyclic) bond motifs is 1. The van der Waals surface area contributed by atoms with E-state index in [1.807, 2.05) is 0 Å². The molecule has 1 atom stereocenters. The molecule has 0 spiro atoms. The van der Waals surface area contributed by atoms with Gasteiger partial charge in [0, 0.05) is 37.2 Å². The Morgan fingerprint density at radius 1 is 1.35 bits per heavy atom. The summed E-state index contributed by atoms with van der Waals surface area (Å²) in [7, 11) is 0. The number of hydrogen-bond acceptors (Lipinski definition) is 8. The molecule has 1 unspecified atom stereocenters. The average Bonchev–Trinajstić information content (AvgIpc) is 3.19. The van der Waals surface area contributed by atoms with Crippen LogP contribution in [0, 0.1) is 0 Å². The molecule has 0 bridgehead atoms. The van der Waals surface area contributed by atoms with Crippen LogP contribution < -0.4 is 10.9 Å². The van der Waals surface area contributed by atoms with Crippen molar-refractivity contribution in [3.05, 3.63) is 33.2 Å². The highest BCUT2D eigenvalue weighted by atomic mass is 32.1. The standard InChI is InChI=1S/C17H24N6O2S/c24-16-9-13-11-25-8-4-15(13)21-23(16)7-6-22-5-2-1-3-14(22)10-18-17-20-19-12-26-17/h9,12,14H,1-8,10-11H2,(H,18,20). The molecule has 8 nitrogen and oxygen atoms in total. The highest BCUT2D eigenvalue weighted by molar-refractivity contribution is 7.13. The molecule has 0 amide bonds. The molecule has 2 aliphatic heterocycles. The number of anilines is 1. The molecule has 2 aliphatic rings. The van der Waals surface area contributed by atoms with Gasteiger partial charge in [0.05, 0.1) is 25.5 Å². The van der Waals surface area contributed by atoms with Gasteiger partial charge in [0.1, 0.15) is 5.51 Å². The Bertz CT molecular complexity index is 778. The number of ether oxygens (including phenoxy) is 1. The van der Waals surface area contributed by atoms with E-state index >= 15 is 0 Å². The van der Waals surface area contributed by atoms with E-state index in [0.717, 1.165) is 48.9 Å². The maximum absolute atomic E-state index is 12.3. The van der Waals surface area contributed by atoms with Crippen LogP contribution in [0.1, 0.15) is 30.5 Å². The fraction of sp³-hybridized carbons (Fsp3) is 0.647. The van der Waals surface area contributed by atoms with Crippen LogP contribution >= 0.6 is 11.3 Å². The minimum absolute atomic E-state index is 0.0326. The molecule has 0 saturated carbocycles. The van der Waals surface area contributed by atoms with Crippen molar-refractivity contribution in [1.82, 2.24) is 24.9 Å². The van der Waals surface area contributed by atoms with Crippen LogP contribution in [0.15, 0.2) is 16.4 Å². The Labute approximate surface area is 156 Å². The van der Waals surface area contributed by atoms with Gasteiger partial charge in [-0.3, -0.25) is 9.69 Å². The van der Waals surface area contributed by atoms with E-state index in [0.29, 0.717) is 25.8 Å². The van der Waals surface area contributed by atoms with Gasteiger partial charge in [-0.15, -0.1) is 10.2 Å². The zero-order chi connectivity index (χ0) is 17.8. The number of hydrogen-bond donors (Lipinski definition) is 1. The Balaban J connectivity index is 1.38. The summed E-state index contributed by atoms with van der Waals surface area (Å²) in [5.41, 5.74) is 3.65. The van der Waals surface area contributed by atoms with Crippen molar-refractivity contribution >= 4 is 16.5 Å². The third-order valence-corrected chi connectivity index (χ3v) is 5.75. The van der Waals surface area contributed by atoms with Crippen LogP contribution in [0.4, 0.5) is 5.13 Å². The van der Waals surface area contributed by atoms with Crippen molar-refractivity contribution in [1.29, 1.82) is 0 Å². The largest absolute Gasteiger partial charge is 0.376 e. The summed E-state index contributed by atoms with van der Waals surface area (Å²) in [5.74, 6) is 0. The molecule has 0 aromatic carbocycles. The van der Waals surface area contributed by atoms with E-state index in [4.69, 9.17) is 4.74 Å². The van der Waals surface area contributed by atoms with E-state index in [-0.39, 0.29) is 5.56 Å².